The number of rotatable bonds is 3. The zero-order valence-corrected chi connectivity index (χ0v) is 13.2. The first-order chi connectivity index (χ1) is 9.04. The molecule has 0 aliphatic rings. The second-order valence-electron chi connectivity index (χ2n) is 5.34. The number of esters is 1. The summed E-state index contributed by atoms with van der Waals surface area (Å²) < 4.78 is 31.2. The molecule has 0 radical (unpaired) electrons. The summed E-state index contributed by atoms with van der Waals surface area (Å²) in [6, 6.07) is 1.97. The van der Waals surface area contributed by atoms with E-state index in [1.807, 2.05) is 0 Å². The van der Waals surface area contributed by atoms with Crippen LogP contribution in [-0.4, -0.2) is 17.4 Å². The maximum Gasteiger partial charge on any atom is 0.317 e. The predicted molar refractivity (Wildman–Crippen MR) is 73.4 cm³/mol. The molecule has 6 heteroatoms. The van der Waals surface area contributed by atoms with Gasteiger partial charge in [-0.25, -0.2) is 8.78 Å². The van der Waals surface area contributed by atoms with Crippen molar-refractivity contribution < 1.29 is 23.1 Å². The quantitative estimate of drug-likeness (QED) is 0.360. The number of halogens is 3. The first-order valence-electron chi connectivity index (χ1n) is 5.95. The van der Waals surface area contributed by atoms with Gasteiger partial charge >= 0.3 is 5.97 Å². The number of ketones is 1. The van der Waals surface area contributed by atoms with Crippen LogP contribution in [0.2, 0.25) is 0 Å². The molecule has 0 amide bonds. The lowest BCUT2D eigenvalue weighted by atomic mass is 9.99. The van der Waals surface area contributed by atoms with Crippen LogP contribution in [0, 0.1) is 17.6 Å². The SMILES string of the molecule is CC(C(=O)OC(C)(C)C)C(=O)c1ccc(F)c(F)c1Br. The third kappa shape index (κ3) is 3.85. The van der Waals surface area contributed by atoms with Crippen LogP contribution in [0.5, 0.6) is 0 Å². The smallest absolute Gasteiger partial charge is 0.317 e. The monoisotopic (exact) mass is 348 g/mol. The van der Waals surface area contributed by atoms with E-state index >= 15 is 0 Å². The Hall–Kier alpha value is -1.30. The van der Waals surface area contributed by atoms with Crippen molar-refractivity contribution in [3.8, 4) is 0 Å². The highest BCUT2D eigenvalue weighted by Crippen LogP contribution is 2.26. The summed E-state index contributed by atoms with van der Waals surface area (Å²) in [5, 5.41) is 0. The standard InChI is InChI=1S/C14H15BrF2O3/c1-7(13(19)20-14(2,3)4)12(18)8-5-6-9(16)11(17)10(8)15/h5-7H,1-4H3. The van der Waals surface area contributed by atoms with E-state index in [2.05, 4.69) is 15.9 Å². The van der Waals surface area contributed by atoms with Crippen LogP contribution < -0.4 is 0 Å². The molecule has 1 aromatic rings. The zero-order chi connectivity index (χ0) is 15.7. The van der Waals surface area contributed by atoms with Crippen molar-refractivity contribution in [1.29, 1.82) is 0 Å². The Kier molecular flexibility index (Phi) is 5.02. The van der Waals surface area contributed by atoms with Crippen LogP contribution in [-0.2, 0) is 9.53 Å². The van der Waals surface area contributed by atoms with Gasteiger partial charge in [-0.15, -0.1) is 0 Å². The molecule has 0 saturated carbocycles. The highest BCUT2D eigenvalue weighted by molar-refractivity contribution is 9.10. The second-order valence-corrected chi connectivity index (χ2v) is 6.14. The largest absolute Gasteiger partial charge is 0.459 e. The van der Waals surface area contributed by atoms with Crippen molar-refractivity contribution in [1.82, 2.24) is 0 Å². The molecule has 1 aromatic carbocycles. The number of ether oxygens (including phenoxy) is 1. The fourth-order valence-corrected chi connectivity index (χ4v) is 1.96. The number of hydrogen-bond donors (Lipinski definition) is 0. The third-order valence-electron chi connectivity index (χ3n) is 2.45. The molecule has 20 heavy (non-hydrogen) atoms. The molecule has 0 aliphatic carbocycles. The molecule has 1 rings (SSSR count). The van der Waals surface area contributed by atoms with Gasteiger partial charge in [-0.1, -0.05) is 0 Å². The van der Waals surface area contributed by atoms with Crippen molar-refractivity contribution in [3.63, 3.8) is 0 Å². The maximum atomic E-state index is 13.4. The fraction of sp³-hybridized carbons (Fsp3) is 0.429. The van der Waals surface area contributed by atoms with E-state index in [4.69, 9.17) is 4.74 Å². The van der Waals surface area contributed by atoms with Gasteiger partial charge in [0.05, 0.1) is 4.47 Å². The van der Waals surface area contributed by atoms with Gasteiger partial charge in [0.1, 0.15) is 11.5 Å². The van der Waals surface area contributed by atoms with Crippen LogP contribution in [0.25, 0.3) is 0 Å². The molecule has 0 spiro atoms. The summed E-state index contributed by atoms with van der Waals surface area (Å²) in [6.07, 6.45) is 0. The van der Waals surface area contributed by atoms with Gasteiger partial charge in [-0.3, -0.25) is 9.59 Å². The lowest BCUT2D eigenvalue weighted by Crippen LogP contribution is -2.31. The summed E-state index contributed by atoms with van der Waals surface area (Å²) in [4.78, 5) is 23.9. The molecule has 0 aromatic heterocycles. The topological polar surface area (TPSA) is 43.4 Å². The molecule has 0 aliphatic heterocycles. The number of carbonyl (C=O) groups excluding carboxylic acids is 2. The van der Waals surface area contributed by atoms with E-state index in [9.17, 15) is 18.4 Å². The number of Topliss-reactive ketones (excluding diaryl/α,β-unsaturated/α-hetero) is 1. The van der Waals surface area contributed by atoms with Crippen LogP contribution in [0.15, 0.2) is 16.6 Å². The Morgan fingerprint density at radius 3 is 2.30 bits per heavy atom. The van der Waals surface area contributed by atoms with E-state index in [1.165, 1.54) is 6.92 Å². The van der Waals surface area contributed by atoms with Crippen molar-refractivity contribution in [2.75, 3.05) is 0 Å². The minimum Gasteiger partial charge on any atom is -0.459 e. The van der Waals surface area contributed by atoms with Crippen LogP contribution in [0.1, 0.15) is 38.1 Å². The number of hydrogen-bond acceptors (Lipinski definition) is 3. The fourth-order valence-electron chi connectivity index (χ4n) is 1.45. The maximum absolute atomic E-state index is 13.4. The summed E-state index contributed by atoms with van der Waals surface area (Å²) in [5.41, 5.74) is -0.820. The van der Waals surface area contributed by atoms with Gasteiger partial charge in [0.25, 0.3) is 0 Å². The highest BCUT2D eigenvalue weighted by Gasteiger charge is 2.30. The number of carbonyl (C=O) groups is 2. The average molecular weight is 349 g/mol. The van der Waals surface area contributed by atoms with Gasteiger partial charge < -0.3 is 4.74 Å². The summed E-state index contributed by atoms with van der Waals surface area (Å²) in [7, 11) is 0. The first-order valence-corrected chi connectivity index (χ1v) is 6.74. The van der Waals surface area contributed by atoms with Crippen molar-refractivity contribution in [3.05, 3.63) is 33.8 Å². The summed E-state index contributed by atoms with van der Waals surface area (Å²) in [5.74, 6) is -4.68. The van der Waals surface area contributed by atoms with Crippen molar-refractivity contribution in [2.24, 2.45) is 5.92 Å². The molecule has 0 heterocycles. The van der Waals surface area contributed by atoms with Gasteiger partial charge in [-0.2, -0.15) is 0 Å². The molecule has 1 unspecified atom stereocenters. The third-order valence-corrected chi connectivity index (χ3v) is 3.23. The van der Waals surface area contributed by atoms with Crippen LogP contribution >= 0.6 is 15.9 Å². The molecule has 0 bridgehead atoms. The second kappa shape index (κ2) is 5.99. The van der Waals surface area contributed by atoms with E-state index in [-0.39, 0.29) is 10.0 Å². The molecule has 110 valence electrons. The summed E-state index contributed by atoms with van der Waals surface area (Å²) >= 11 is 2.82. The molecule has 0 fully saturated rings. The Morgan fingerprint density at radius 1 is 1.25 bits per heavy atom. The Morgan fingerprint density at radius 2 is 1.80 bits per heavy atom. The molecule has 0 N–H and O–H groups in total. The van der Waals surface area contributed by atoms with Gasteiger partial charge in [0.15, 0.2) is 17.4 Å². The Balaban J connectivity index is 3.01. The highest BCUT2D eigenvalue weighted by atomic mass is 79.9. The minimum atomic E-state index is -1.16. The van der Waals surface area contributed by atoms with Crippen molar-refractivity contribution >= 4 is 27.7 Å². The van der Waals surface area contributed by atoms with E-state index in [0.29, 0.717) is 0 Å². The zero-order valence-electron chi connectivity index (χ0n) is 11.6. The lowest BCUT2D eigenvalue weighted by Gasteiger charge is -2.22. The Labute approximate surface area is 124 Å². The predicted octanol–water partition coefficient (Wildman–Crippen LogP) is 3.89. The van der Waals surface area contributed by atoms with Gasteiger partial charge in [0, 0.05) is 5.56 Å². The van der Waals surface area contributed by atoms with Crippen LogP contribution in [0.3, 0.4) is 0 Å². The van der Waals surface area contributed by atoms with E-state index in [0.717, 1.165) is 12.1 Å². The van der Waals surface area contributed by atoms with Crippen LogP contribution in [0.4, 0.5) is 8.78 Å². The van der Waals surface area contributed by atoms with E-state index < -0.39 is 34.9 Å². The number of benzene rings is 1. The van der Waals surface area contributed by atoms with E-state index in [1.54, 1.807) is 20.8 Å². The van der Waals surface area contributed by atoms with Gasteiger partial charge in [-0.05, 0) is 55.8 Å². The first kappa shape index (κ1) is 16.8. The minimum absolute atomic E-state index is 0.0951. The lowest BCUT2D eigenvalue weighted by molar-refractivity contribution is -0.157. The molecule has 3 nitrogen and oxygen atoms in total. The average Bonchev–Trinajstić information content (AvgIpc) is 2.32. The molecule has 1 atom stereocenters. The molecular weight excluding hydrogens is 334 g/mol. The summed E-state index contributed by atoms with van der Waals surface area (Å²) in [6.45, 7) is 6.39. The van der Waals surface area contributed by atoms with Crippen molar-refractivity contribution in [2.45, 2.75) is 33.3 Å². The molecule has 0 saturated heterocycles. The molecular formula is C14H15BrF2O3. The Bertz CT molecular complexity index is 550. The van der Waals surface area contributed by atoms with Gasteiger partial charge in [0.2, 0.25) is 0 Å². The normalized spacial score (nSPS) is 12.9.